The Hall–Kier alpha value is -0.540. The van der Waals surface area contributed by atoms with Gasteiger partial charge in [0.1, 0.15) is 0 Å². The van der Waals surface area contributed by atoms with Crippen molar-refractivity contribution in [2.45, 2.75) is 19.4 Å². The van der Waals surface area contributed by atoms with E-state index in [4.69, 9.17) is 23.2 Å². The first-order valence-electron chi connectivity index (χ1n) is 5.78. The molecule has 96 valence electrons. The van der Waals surface area contributed by atoms with Crippen molar-refractivity contribution in [2.24, 2.45) is 0 Å². The molecule has 2 aromatic rings. The Kier molecular flexibility index (Phi) is 4.68. The minimum Gasteiger partial charge on any atom is -0.312 e. The van der Waals surface area contributed by atoms with Gasteiger partial charge in [0.25, 0.3) is 0 Å². The zero-order valence-corrected chi connectivity index (χ0v) is 12.7. The summed E-state index contributed by atoms with van der Waals surface area (Å²) in [5.41, 5.74) is 1.01. The number of hydrogen-bond acceptors (Lipinski definition) is 2. The van der Waals surface area contributed by atoms with Crippen molar-refractivity contribution in [3.63, 3.8) is 0 Å². The smallest absolute Gasteiger partial charge is 0.0454 e. The lowest BCUT2D eigenvalue weighted by Gasteiger charge is -2.16. The highest BCUT2D eigenvalue weighted by Crippen LogP contribution is 2.31. The number of hydrogen-bond donors (Lipinski definition) is 1. The molecule has 0 aliphatic heterocycles. The van der Waals surface area contributed by atoms with Gasteiger partial charge >= 0.3 is 0 Å². The molecule has 1 N–H and O–H groups in total. The van der Waals surface area contributed by atoms with Crippen LogP contribution in [0.4, 0.5) is 0 Å². The fraction of sp³-hybridized carbons (Fsp3) is 0.286. The van der Waals surface area contributed by atoms with Crippen molar-refractivity contribution in [3.05, 3.63) is 55.7 Å². The van der Waals surface area contributed by atoms with Gasteiger partial charge in [0.2, 0.25) is 0 Å². The molecule has 1 atom stereocenters. The van der Waals surface area contributed by atoms with Crippen molar-refractivity contribution in [3.8, 4) is 0 Å². The Labute approximate surface area is 122 Å². The molecule has 0 aliphatic carbocycles. The summed E-state index contributed by atoms with van der Waals surface area (Å²) in [6.45, 7) is 2.11. The third-order valence-corrected chi connectivity index (χ3v) is 4.75. The summed E-state index contributed by atoms with van der Waals surface area (Å²) in [4.78, 5) is 2.63. The number of halogens is 2. The van der Waals surface area contributed by atoms with Crippen molar-refractivity contribution in [1.82, 2.24) is 5.32 Å². The zero-order chi connectivity index (χ0) is 13.1. The summed E-state index contributed by atoms with van der Waals surface area (Å²) in [5.74, 6) is 0. The molecule has 4 heteroatoms. The minimum atomic E-state index is 0.251. The molecule has 1 nitrogen and oxygen atoms in total. The van der Waals surface area contributed by atoms with E-state index in [1.165, 1.54) is 9.75 Å². The van der Waals surface area contributed by atoms with Crippen LogP contribution in [0.3, 0.4) is 0 Å². The van der Waals surface area contributed by atoms with E-state index >= 15 is 0 Å². The monoisotopic (exact) mass is 299 g/mol. The van der Waals surface area contributed by atoms with E-state index in [-0.39, 0.29) is 6.04 Å². The van der Waals surface area contributed by atoms with E-state index < -0.39 is 0 Å². The van der Waals surface area contributed by atoms with Gasteiger partial charge in [-0.1, -0.05) is 29.3 Å². The Bertz CT molecular complexity index is 516. The predicted octanol–water partition coefficient (Wildman–Crippen LogP) is 4.87. The predicted molar refractivity (Wildman–Crippen MR) is 81.0 cm³/mol. The van der Waals surface area contributed by atoms with Crippen molar-refractivity contribution >= 4 is 34.5 Å². The molecule has 2 rings (SSSR count). The zero-order valence-electron chi connectivity index (χ0n) is 10.3. The van der Waals surface area contributed by atoms with Gasteiger partial charge in [0.05, 0.1) is 0 Å². The molecule has 0 saturated heterocycles. The Morgan fingerprint density at radius 3 is 2.33 bits per heavy atom. The third kappa shape index (κ3) is 3.07. The largest absolute Gasteiger partial charge is 0.312 e. The van der Waals surface area contributed by atoms with Crippen LogP contribution in [0.1, 0.15) is 21.4 Å². The second-order valence-electron chi connectivity index (χ2n) is 4.19. The van der Waals surface area contributed by atoms with Crippen LogP contribution in [-0.2, 0) is 6.42 Å². The summed E-state index contributed by atoms with van der Waals surface area (Å²) in [7, 11) is 1.96. The number of rotatable bonds is 4. The van der Waals surface area contributed by atoms with Gasteiger partial charge in [-0.25, -0.2) is 0 Å². The fourth-order valence-corrected chi connectivity index (χ4v) is 3.46. The van der Waals surface area contributed by atoms with Gasteiger partial charge in [0.15, 0.2) is 0 Å². The molecule has 18 heavy (non-hydrogen) atoms. The van der Waals surface area contributed by atoms with Crippen LogP contribution in [0.15, 0.2) is 30.3 Å². The summed E-state index contributed by atoms with van der Waals surface area (Å²) < 4.78 is 0. The summed E-state index contributed by atoms with van der Waals surface area (Å²) in [6, 6.07) is 10.2. The van der Waals surface area contributed by atoms with Crippen LogP contribution in [0.5, 0.6) is 0 Å². The maximum absolute atomic E-state index is 6.21. The van der Waals surface area contributed by atoms with Gasteiger partial charge in [-0.15, -0.1) is 11.3 Å². The highest BCUT2D eigenvalue weighted by molar-refractivity contribution is 7.12. The van der Waals surface area contributed by atoms with Gasteiger partial charge in [-0.2, -0.15) is 0 Å². The number of likely N-dealkylation sites (N-methyl/N-ethyl adjacent to an activating group) is 1. The van der Waals surface area contributed by atoms with E-state index in [1.807, 2.05) is 25.2 Å². The lowest BCUT2D eigenvalue weighted by atomic mass is 10.0. The van der Waals surface area contributed by atoms with Crippen LogP contribution < -0.4 is 5.32 Å². The molecule has 1 aromatic heterocycles. The topological polar surface area (TPSA) is 12.0 Å². The molecule has 0 amide bonds. The third-order valence-electron chi connectivity index (χ3n) is 2.92. The summed E-state index contributed by atoms with van der Waals surface area (Å²) in [6.07, 6.45) is 0.801. The molecule has 1 heterocycles. The molecule has 0 aliphatic rings. The highest BCUT2D eigenvalue weighted by Gasteiger charge is 2.15. The molecule has 1 aromatic carbocycles. The van der Waals surface area contributed by atoms with Crippen molar-refractivity contribution in [1.29, 1.82) is 0 Å². The van der Waals surface area contributed by atoms with Gasteiger partial charge in [-0.3, -0.25) is 0 Å². The SMILES string of the molecule is CNC(Cc1c(Cl)cccc1Cl)c1ccc(C)s1. The molecular weight excluding hydrogens is 285 g/mol. The number of nitrogens with one attached hydrogen (secondary N) is 1. The molecule has 1 unspecified atom stereocenters. The Morgan fingerprint density at radius 1 is 1.17 bits per heavy atom. The van der Waals surface area contributed by atoms with Gasteiger partial charge < -0.3 is 5.32 Å². The van der Waals surface area contributed by atoms with E-state index in [1.54, 1.807) is 11.3 Å². The highest BCUT2D eigenvalue weighted by atomic mass is 35.5. The average Bonchev–Trinajstić information content (AvgIpc) is 2.76. The first-order chi connectivity index (χ1) is 8.61. The van der Waals surface area contributed by atoms with Gasteiger partial charge in [0, 0.05) is 25.8 Å². The normalized spacial score (nSPS) is 12.7. The fourth-order valence-electron chi connectivity index (χ4n) is 1.92. The van der Waals surface area contributed by atoms with Gasteiger partial charge in [-0.05, 0) is 50.2 Å². The second-order valence-corrected chi connectivity index (χ2v) is 6.33. The van der Waals surface area contributed by atoms with Crippen LogP contribution >= 0.6 is 34.5 Å². The van der Waals surface area contributed by atoms with Crippen LogP contribution in [-0.4, -0.2) is 7.05 Å². The summed E-state index contributed by atoms with van der Waals surface area (Å²) in [5, 5.41) is 4.79. The maximum Gasteiger partial charge on any atom is 0.0454 e. The first-order valence-corrected chi connectivity index (χ1v) is 7.35. The minimum absolute atomic E-state index is 0.251. The Morgan fingerprint density at radius 2 is 1.83 bits per heavy atom. The number of thiophene rings is 1. The van der Waals surface area contributed by atoms with E-state index in [0.717, 1.165) is 22.0 Å². The van der Waals surface area contributed by atoms with E-state index in [9.17, 15) is 0 Å². The van der Waals surface area contributed by atoms with Crippen molar-refractivity contribution in [2.75, 3.05) is 7.05 Å². The molecule has 0 spiro atoms. The first kappa shape index (κ1) is 13.9. The lowest BCUT2D eigenvalue weighted by Crippen LogP contribution is -2.18. The molecule has 0 radical (unpaired) electrons. The molecule has 0 fully saturated rings. The number of aryl methyl sites for hydroxylation is 1. The molecule has 0 saturated carbocycles. The Balaban J connectivity index is 2.26. The molecule has 0 bridgehead atoms. The van der Waals surface area contributed by atoms with E-state index in [0.29, 0.717) is 0 Å². The summed E-state index contributed by atoms with van der Waals surface area (Å²) >= 11 is 14.2. The lowest BCUT2D eigenvalue weighted by molar-refractivity contribution is 0.602. The van der Waals surface area contributed by atoms with Crippen LogP contribution in [0.25, 0.3) is 0 Å². The van der Waals surface area contributed by atoms with Crippen LogP contribution in [0.2, 0.25) is 10.0 Å². The maximum atomic E-state index is 6.21. The average molecular weight is 300 g/mol. The van der Waals surface area contributed by atoms with E-state index in [2.05, 4.69) is 24.4 Å². The van der Waals surface area contributed by atoms with Crippen molar-refractivity contribution < 1.29 is 0 Å². The second kappa shape index (κ2) is 6.07. The quantitative estimate of drug-likeness (QED) is 0.849. The standard InChI is InChI=1S/C14H15Cl2NS/c1-9-6-7-14(18-9)13(17-2)8-10-11(15)4-3-5-12(10)16/h3-7,13,17H,8H2,1-2H3. The van der Waals surface area contributed by atoms with Crippen LogP contribution in [0, 0.1) is 6.92 Å². The number of benzene rings is 1. The molecular formula is C14H15Cl2NS.